The number of hydrogen-bond acceptors (Lipinski definition) is 6. The fourth-order valence-electron chi connectivity index (χ4n) is 3.63. The molecule has 1 saturated heterocycles. The number of rotatable bonds is 7. The van der Waals surface area contributed by atoms with Gasteiger partial charge in [0.05, 0.1) is 35.4 Å². The van der Waals surface area contributed by atoms with Crippen LogP contribution in [0.5, 0.6) is 11.5 Å². The van der Waals surface area contributed by atoms with Crippen LogP contribution in [0.25, 0.3) is 0 Å². The van der Waals surface area contributed by atoms with E-state index >= 15 is 0 Å². The molecule has 0 aliphatic carbocycles. The molecule has 2 aromatic carbocycles. The quantitative estimate of drug-likeness (QED) is 0.646. The SMILES string of the molecule is COc1cc(OC)c(NC(=O)c2cc(S(=O)(=O)N(C)C)ccc2N2CCCCC2)cc1Cl. The first-order valence-electron chi connectivity index (χ1n) is 10.2. The molecule has 10 heteroatoms. The Kier molecular flexibility index (Phi) is 7.53. The maximum atomic E-state index is 13.4. The van der Waals surface area contributed by atoms with E-state index in [0.29, 0.717) is 27.9 Å². The molecule has 1 aliphatic heterocycles. The monoisotopic (exact) mass is 481 g/mol. The summed E-state index contributed by atoms with van der Waals surface area (Å²) in [7, 11) is 2.16. The smallest absolute Gasteiger partial charge is 0.257 e. The lowest BCUT2D eigenvalue weighted by Gasteiger charge is -2.30. The van der Waals surface area contributed by atoms with Crippen molar-refractivity contribution >= 4 is 38.9 Å². The average Bonchev–Trinajstić information content (AvgIpc) is 2.79. The highest BCUT2D eigenvalue weighted by Crippen LogP contribution is 2.37. The van der Waals surface area contributed by atoms with Crippen molar-refractivity contribution in [1.29, 1.82) is 0 Å². The van der Waals surface area contributed by atoms with E-state index in [1.54, 1.807) is 18.2 Å². The maximum absolute atomic E-state index is 13.4. The van der Waals surface area contributed by atoms with Crippen LogP contribution in [0.1, 0.15) is 29.6 Å². The van der Waals surface area contributed by atoms with Crippen LogP contribution in [0.4, 0.5) is 11.4 Å². The van der Waals surface area contributed by atoms with Crippen molar-refractivity contribution in [2.75, 3.05) is 51.6 Å². The second-order valence-corrected chi connectivity index (χ2v) is 10.2. The Balaban J connectivity index is 2.05. The fourth-order valence-corrected chi connectivity index (χ4v) is 4.80. The Morgan fingerprint density at radius 3 is 2.28 bits per heavy atom. The predicted octanol–water partition coefficient (Wildman–Crippen LogP) is 3.85. The second kappa shape index (κ2) is 9.97. The van der Waals surface area contributed by atoms with E-state index in [1.807, 2.05) is 0 Å². The fraction of sp³-hybridized carbons (Fsp3) is 0.409. The highest BCUT2D eigenvalue weighted by Gasteiger charge is 2.25. The summed E-state index contributed by atoms with van der Waals surface area (Å²) in [5, 5.41) is 3.13. The third kappa shape index (κ3) is 4.95. The minimum Gasteiger partial charge on any atom is -0.495 e. The van der Waals surface area contributed by atoms with Crippen molar-refractivity contribution in [2.24, 2.45) is 0 Å². The Morgan fingerprint density at radius 1 is 1.03 bits per heavy atom. The molecular weight excluding hydrogens is 454 g/mol. The zero-order chi connectivity index (χ0) is 23.5. The Bertz CT molecular complexity index is 1100. The van der Waals surface area contributed by atoms with Crippen LogP contribution in [-0.4, -0.2) is 60.0 Å². The van der Waals surface area contributed by atoms with Crippen molar-refractivity contribution in [3.8, 4) is 11.5 Å². The third-order valence-corrected chi connectivity index (χ3v) is 7.52. The summed E-state index contributed by atoms with van der Waals surface area (Å²) < 4.78 is 37.1. The Morgan fingerprint density at radius 2 is 1.69 bits per heavy atom. The number of hydrogen-bond donors (Lipinski definition) is 1. The van der Waals surface area contributed by atoms with Crippen LogP contribution in [0.2, 0.25) is 5.02 Å². The molecule has 1 aliphatic rings. The molecule has 1 fully saturated rings. The molecule has 2 aromatic rings. The van der Waals surface area contributed by atoms with Crippen molar-refractivity contribution in [2.45, 2.75) is 24.2 Å². The lowest BCUT2D eigenvalue weighted by Crippen LogP contribution is -2.32. The Labute approximate surface area is 194 Å². The van der Waals surface area contributed by atoms with E-state index in [9.17, 15) is 13.2 Å². The number of ether oxygens (including phenoxy) is 2. The van der Waals surface area contributed by atoms with Crippen molar-refractivity contribution in [3.05, 3.63) is 40.9 Å². The zero-order valence-corrected chi connectivity index (χ0v) is 20.2. The molecule has 8 nitrogen and oxygen atoms in total. The summed E-state index contributed by atoms with van der Waals surface area (Å²) in [5.74, 6) is 0.326. The van der Waals surface area contributed by atoms with Crippen molar-refractivity contribution < 1.29 is 22.7 Å². The van der Waals surface area contributed by atoms with E-state index in [-0.39, 0.29) is 10.5 Å². The maximum Gasteiger partial charge on any atom is 0.257 e. The number of anilines is 2. The minimum atomic E-state index is -3.71. The van der Waals surface area contributed by atoms with E-state index in [4.69, 9.17) is 21.1 Å². The number of piperidine rings is 1. The molecule has 174 valence electrons. The number of halogens is 1. The van der Waals surface area contributed by atoms with Gasteiger partial charge in [0.1, 0.15) is 11.5 Å². The summed E-state index contributed by atoms with van der Waals surface area (Å²) in [6.45, 7) is 1.61. The van der Waals surface area contributed by atoms with Gasteiger partial charge in [0.15, 0.2) is 0 Å². The molecule has 0 atom stereocenters. The summed E-state index contributed by atoms with van der Waals surface area (Å²) in [6, 6.07) is 7.79. The Hall–Kier alpha value is -2.49. The average molecular weight is 482 g/mol. The predicted molar refractivity (Wildman–Crippen MR) is 126 cm³/mol. The van der Waals surface area contributed by atoms with Gasteiger partial charge in [0.25, 0.3) is 5.91 Å². The lowest BCUT2D eigenvalue weighted by molar-refractivity contribution is 0.102. The molecule has 0 radical (unpaired) electrons. The van der Waals surface area contributed by atoms with Gasteiger partial charge in [0.2, 0.25) is 10.0 Å². The van der Waals surface area contributed by atoms with Crippen LogP contribution in [0.3, 0.4) is 0 Å². The standard InChI is InChI=1S/C22H28ClN3O5S/c1-25(2)32(28,29)15-8-9-19(26-10-6-5-7-11-26)16(12-15)22(27)24-18-13-17(23)20(30-3)14-21(18)31-4/h8-9,12-14H,5-7,10-11H2,1-4H3,(H,24,27). The van der Waals surface area contributed by atoms with Gasteiger partial charge >= 0.3 is 0 Å². The van der Waals surface area contributed by atoms with Crippen molar-refractivity contribution in [3.63, 3.8) is 0 Å². The molecule has 3 rings (SSSR count). The van der Waals surface area contributed by atoms with E-state index in [0.717, 1.165) is 36.7 Å². The normalized spacial score (nSPS) is 14.4. The number of benzene rings is 2. The molecule has 0 spiro atoms. The molecular formula is C22H28ClN3O5S. The number of amides is 1. The first-order valence-corrected chi connectivity index (χ1v) is 12.0. The summed E-state index contributed by atoms with van der Waals surface area (Å²) in [4.78, 5) is 15.5. The van der Waals surface area contributed by atoms with Gasteiger partial charge in [-0.1, -0.05) is 11.6 Å². The van der Waals surface area contributed by atoms with Gasteiger partial charge in [-0.3, -0.25) is 4.79 Å². The number of methoxy groups -OCH3 is 2. The molecule has 0 unspecified atom stereocenters. The van der Waals surface area contributed by atoms with Crippen LogP contribution >= 0.6 is 11.6 Å². The summed E-state index contributed by atoms with van der Waals surface area (Å²) in [6.07, 6.45) is 3.16. The molecule has 1 N–H and O–H groups in total. The van der Waals surface area contributed by atoms with Gasteiger partial charge in [-0.2, -0.15) is 0 Å². The second-order valence-electron chi connectivity index (χ2n) is 7.66. The third-order valence-electron chi connectivity index (χ3n) is 5.41. The van der Waals surface area contributed by atoms with Crippen LogP contribution in [-0.2, 0) is 10.0 Å². The van der Waals surface area contributed by atoms with Crippen molar-refractivity contribution in [1.82, 2.24) is 4.31 Å². The number of sulfonamides is 1. The van der Waals surface area contributed by atoms with Gasteiger partial charge in [-0.15, -0.1) is 0 Å². The first kappa shape index (κ1) is 24.2. The number of nitrogens with zero attached hydrogens (tertiary/aromatic N) is 2. The largest absolute Gasteiger partial charge is 0.495 e. The molecule has 0 bridgehead atoms. The summed E-state index contributed by atoms with van der Waals surface area (Å²) >= 11 is 6.24. The highest BCUT2D eigenvalue weighted by molar-refractivity contribution is 7.89. The molecule has 1 amide bonds. The molecule has 32 heavy (non-hydrogen) atoms. The highest BCUT2D eigenvalue weighted by atomic mass is 35.5. The van der Waals surface area contributed by atoms with Gasteiger partial charge in [0, 0.05) is 38.9 Å². The number of carbonyl (C=O) groups is 1. The molecule has 1 heterocycles. The van der Waals surface area contributed by atoms with Gasteiger partial charge in [-0.05, 0) is 43.5 Å². The number of nitrogens with one attached hydrogen (secondary N) is 1. The van der Waals surface area contributed by atoms with E-state index < -0.39 is 15.9 Å². The summed E-state index contributed by atoms with van der Waals surface area (Å²) in [5.41, 5.74) is 1.32. The van der Waals surface area contributed by atoms with Crippen LogP contribution in [0, 0.1) is 0 Å². The van der Waals surface area contributed by atoms with E-state index in [2.05, 4.69) is 10.2 Å². The van der Waals surface area contributed by atoms with Crippen LogP contribution < -0.4 is 19.7 Å². The molecule has 0 saturated carbocycles. The molecule has 0 aromatic heterocycles. The first-order chi connectivity index (χ1) is 15.2. The zero-order valence-electron chi connectivity index (χ0n) is 18.6. The lowest BCUT2D eigenvalue weighted by atomic mass is 10.1. The van der Waals surface area contributed by atoms with E-state index in [1.165, 1.54) is 40.4 Å². The topological polar surface area (TPSA) is 88.2 Å². The van der Waals surface area contributed by atoms with Gasteiger partial charge < -0.3 is 19.7 Å². The van der Waals surface area contributed by atoms with Crippen LogP contribution in [0.15, 0.2) is 35.2 Å². The minimum absolute atomic E-state index is 0.0492. The van der Waals surface area contributed by atoms with Gasteiger partial charge in [-0.25, -0.2) is 12.7 Å². The number of carbonyl (C=O) groups excluding carboxylic acids is 1.